The molecule has 4 heterocycles. The summed E-state index contributed by atoms with van der Waals surface area (Å²) in [6.45, 7) is 0.723. The van der Waals surface area contributed by atoms with Crippen molar-refractivity contribution in [3.8, 4) is 11.3 Å². The van der Waals surface area contributed by atoms with Gasteiger partial charge in [-0.05, 0) is 6.07 Å². The molecule has 2 unspecified atom stereocenters. The summed E-state index contributed by atoms with van der Waals surface area (Å²) in [5.41, 5.74) is -0.700. The van der Waals surface area contributed by atoms with Gasteiger partial charge in [0.1, 0.15) is 5.69 Å². The first kappa shape index (κ1) is 26.0. The van der Waals surface area contributed by atoms with E-state index in [9.17, 15) is 26.7 Å². The van der Waals surface area contributed by atoms with Crippen molar-refractivity contribution in [3.05, 3.63) is 77.0 Å². The number of alkyl halides is 4. The summed E-state index contributed by atoms with van der Waals surface area (Å²) in [4.78, 5) is 30.9. The van der Waals surface area contributed by atoms with Crippen molar-refractivity contribution >= 4 is 29.1 Å². The molecule has 15 heteroatoms. The first-order valence-electron chi connectivity index (χ1n) is 12.0. The van der Waals surface area contributed by atoms with Gasteiger partial charge in [-0.15, -0.1) is 0 Å². The third kappa shape index (κ3) is 4.72. The van der Waals surface area contributed by atoms with E-state index in [1.165, 1.54) is 17.1 Å². The molecule has 4 aromatic rings. The molecule has 0 spiro atoms. The maximum Gasteiger partial charge on any atom is 0.275 e. The van der Waals surface area contributed by atoms with Gasteiger partial charge in [0.2, 0.25) is 5.95 Å². The largest absolute Gasteiger partial charge is 0.340 e. The summed E-state index contributed by atoms with van der Waals surface area (Å²) in [6, 6.07) is 2.01. The Morgan fingerprint density at radius 2 is 1.82 bits per heavy atom. The Hall–Kier alpha value is -4.20. The zero-order valence-electron chi connectivity index (χ0n) is 20.3. The minimum absolute atomic E-state index is 0.230. The summed E-state index contributed by atoms with van der Waals surface area (Å²) in [5, 5.41) is 6.38. The van der Waals surface area contributed by atoms with Crippen molar-refractivity contribution in [1.29, 1.82) is 0 Å². The minimum Gasteiger partial charge on any atom is -0.340 e. The lowest BCUT2D eigenvalue weighted by atomic mass is 10.0. The number of hydrogen-bond acceptors (Lipinski definition) is 7. The van der Waals surface area contributed by atoms with E-state index in [1.54, 1.807) is 17.3 Å². The molecule has 1 N–H and O–H groups in total. The molecule has 9 nitrogen and oxygen atoms in total. The molecule has 40 heavy (non-hydrogen) atoms. The van der Waals surface area contributed by atoms with Gasteiger partial charge >= 0.3 is 0 Å². The first-order chi connectivity index (χ1) is 19.1. The standard InChI is InChI=1S/C25H18ClF5N8O/c26-17-2-1-14(22(28)29)20(21(17)27)18-6-32-7-19(37-18)23(40)36-13-5-35-39(9-13)8-12-3-33-24(34-4-12)38-10-15-16(11-38)25(15,30)31/h1-7,9,15-16,22H,8,10-11H2,(H,36,40). The third-order valence-electron chi connectivity index (χ3n) is 6.90. The molecule has 1 aromatic carbocycles. The van der Waals surface area contributed by atoms with E-state index in [2.05, 4.69) is 30.4 Å². The van der Waals surface area contributed by atoms with Gasteiger partial charge in [-0.2, -0.15) is 5.10 Å². The summed E-state index contributed by atoms with van der Waals surface area (Å²) >= 11 is 5.77. The average molecular weight is 577 g/mol. The monoisotopic (exact) mass is 576 g/mol. The first-order valence-corrected chi connectivity index (χ1v) is 12.4. The van der Waals surface area contributed by atoms with E-state index in [0.29, 0.717) is 17.2 Å². The predicted molar refractivity (Wildman–Crippen MR) is 133 cm³/mol. The normalized spacial score (nSPS) is 19.1. The molecule has 1 aliphatic heterocycles. The maximum absolute atomic E-state index is 14.6. The van der Waals surface area contributed by atoms with Crippen LogP contribution < -0.4 is 10.2 Å². The Balaban J connectivity index is 1.11. The zero-order chi connectivity index (χ0) is 28.2. The van der Waals surface area contributed by atoms with Gasteiger partial charge in [-0.25, -0.2) is 36.9 Å². The number of fused-ring (bicyclic) bond motifs is 1. The molecule has 0 radical (unpaired) electrons. The maximum atomic E-state index is 14.6. The second-order valence-electron chi connectivity index (χ2n) is 9.48. The molecule has 2 atom stereocenters. The SMILES string of the molecule is O=C(Nc1cnn(Cc2cnc(N3CC4C(C3)C4(F)F)nc2)c1)c1cncc(-c2c(C(F)F)ccc(Cl)c2F)n1. The molecule has 0 bridgehead atoms. The number of halogens is 6. The van der Waals surface area contributed by atoms with Crippen LogP contribution in [0.5, 0.6) is 0 Å². The Kier molecular flexibility index (Phi) is 6.36. The molecular weight excluding hydrogens is 559 g/mol. The Morgan fingerprint density at radius 3 is 2.52 bits per heavy atom. The van der Waals surface area contributed by atoms with E-state index in [0.717, 1.165) is 24.5 Å². The topological polar surface area (TPSA) is 102 Å². The lowest BCUT2D eigenvalue weighted by molar-refractivity contribution is 0.0796. The number of piperidine rings is 1. The fourth-order valence-electron chi connectivity index (χ4n) is 4.76. The number of aromatic nitrogens is 6. The highest BCUT2D eigenvalue weighted by molar-refractivity contribution is 6.31. The fraction of sp³-hybridized carbons (Fsp3) is 0.280. The molecular formula is C25H18ClF5N8O. The summed E-state index contributed by atoms with van der Waals surface area (Å²) < 4.78 is 69.9. The van der Waals surface area contributed by atoms with Crippen molar-refractivity contribution in [2.24, 2.45) is 11.8 Å². The number of hydrogen-bond donors (Lipinski definition) is 1. The number of carbonyl (C=O) groups is 1. The molecule has 1 saturated heterocycles. The van der Waals surface area contributed by atoms with E-state index in [4.69, 9.17) is 11.6 Å². The second kappa shape index (κ2) is 9.77. The highest BCUT2D eigenvalue weighted by Gasteiger charge is 2.72. The molecule has 3 aromatic heterocycles. The van der Waals surface area contributed by atoms with Crippen LogP contribution in [0.25, 0.3) is 11.3 Å². The molecule has 1 saturated carbocycles. The van der Waals surface area contributed by atoms with E-state index < -0.39 is 47.0 Å². The average Bonchev–Trinajstić information content (AvgIpc) is 3.34. The van der Waals surface area contributed by atoms with Gasteiger partial charge in [-0.3, -0.25) is 14.5 Å². The summed E-state index contributed by atoms with van der Waals surface area (Å²) in [5.74, 6) is -5.27. The summed E-state index contributed by atoms with van der Waals surface area (Å²) in [6.07, 6.45) is 5.23. The van der Waals surface area contributed by atoms with Gasteiger partial charge in [0, 0.05) is 48.4 Å². The van der Waals surface area contributed by atoms with Crippen LogP contribution in [0.15, 0.2) is 49.3 Å². The number of benzene rings is 1. The Morgan fingerprint density at radius 1 is 1.10 bits per heavy atom. The van der Waals surface area contributed by atoms with Gasteiger partial charge in [0.05, 0.1) is 53.4 Å². The quantitative estimate of drug-likeness (QED) is 0.314. The van der Waals surface area contributed by atoms with E-state index >= 15 is 0 Å². The highest BCUT2D eigenvalue weighted by Crippen LogP contribution is 2.59. The van der Waals surface area contributed by atoms with Gasteiger partial charge < -0.3 is 10.2 Å². The van der Waals surface area contributed by atoms with Gasteiger partial charge in [-0.1, -0.05) is 17.7 Å². The predicted octanol–water partition coefficient (Wildman–Crippen LogP) is 4.86. The Bertz CT molecular complexity index is 1580. The number of nitrogens with zero attached hydrogens (tertiary/aromatic N) is 7. The van der Waals surface area contributed by atoms with Crippen LogP contribution in [-0.4, -0.2) is 54.6 Å². The van der Waals surface area contributed by atoms with Gasteiger partial charge in [0.15, 0.2) is 5.82 Å². The second-order valence-corrected chi connectivity index (χ2v) is 9.89. The van der Waals surface area contributed by atoms with Crippen molar-refractivity contribution < 1.29 is 26.7 Å². The number of carbonyl (C=O) groups excluding carboxylic acids is 1. The van der Waals surface area contributed by atoms with Crippen LogP contribution in [0.1, 0.15) is 28.0 Å². The molecule has 2 fully saturated rings. The molecule has 6 rings (SSSR count). The van der Waals surface area contributed by atoms with E-state index in [1.807, 2.05) is 0 Å². The van der Waals surface area contributed by atoms with Crippen molar-refractivity contribution in [1.82, 2.24) is 29.7 Å². The fourth-order valence-corrected chi connectivity index (χ4v) is 4.92. The lowest BCUT2D eigenvalue weighted by Crippen LogP contribution is -2.28. The third-order valence-corrected chi connectivity index (χ3v) is 7.19. The number of anilines is 2. The van der Waals surface area contributed by atoms with E-state index in [-0.39, 0.29) is 36.0 Å². The number of amides is 1. The minimum atomic E-state index is -3.01. The lowest BCUT2D eigenvalue weighted by Gasteiger charge is -2.19. The molecule has 2 aliphatic rings. The van der Waals surface area contributed by atoms with Crippen LogP contribution in [-0.2, 0) is 6.54 Å². The van der Waals surface area contributed by atoms with Crippen molar-refractivity contribution in [2.45, 2.75) is 18.9 Å². The molecule has 1 amide bonds. The van der Waals surface area contributed by atoms with Crippen molar-refractivity contribution in [3.63, 3.8) is 0 Å². The van der Waals surface area contributed by atoms with Crippen LogP contribution in [0, 0.1) is 17.7 Å². The van der Waals surface area contributed by atoms with Crippen LogP contribution in [0.3, 0.4) is 0 Å². The van der Waals surface area contributed by atoms with Crippen molar-refractivity contribution in [2.75, 3.05) is 23.3 Å². The molecule has 1 aliphatic carbocycles. The van der Waals surface area contributed by atoms with Gasteiger partial charge in [0.25, 0.3) is 18.3 Å². The zero-order valence-corrected chi connectivity index (χ0v) is 21.0. The summed E-state index contributed by atoms with van der Waals surface area (Å²) in [7, 11) is 0. The highest BCUT2D eigenvalue weighted by atomic mass is 35.5. The smallest absolute Gasteiger partial charge is 0.275 e. The molecule has 206 valence electrons. The number of rotatable bonds is 7. The number of nitrogens with one attached hydrogen (secondary N) is 1. The van der Waals surface area contributed by atoms with Crippen LogP contribution >= 0.6 is 11.6 Å². The Labute approximate surface area is 228 Å². The van der Waals surface area contributed by atoms with Crippen LogP contribution in [0.2, 0.25) is 5.02 Å². The van der Waals surface area contributed by atoms with Crippen LogP contribution in [0.4, 0.5) is 33.6 Å².